The highest BCUT2D eigenvalue weighted by molar-refractivity contribution is 5.91. The Morgan fingerprint density at radius 2 is 1.90 bits per heavy atom. The molecule has 0 atom stereocenters. The van der Waals surface area contributed by atoms with Crippen molar-refractivity contribution in [2.75, 3.05) is 13.6 Å². The van der Waals surface area contributed by atoms with Crippen molar-refractivity contribution in [3.05, 3.63) is 11.9 Å². The van der Waals surface area contributed by atoms with Crippen molar-refractivity contribution < 1.29 is 4.79 Å². The molecule has 4 bridgehead atoms. The van der Waals surface area contributed by atoms with E-state index in [-0.39, 0.29) is 5.91 Å². The molecule has 4 saturated carbocycles. The standard InChI is InChI=1S/C15H22N4O/c1-19(14(20)13-8-16-18-17-13)9-15-5-10-2-11(6-15)4-12(3-10)7-15/h8,10-12H,2-7,9H2,1H3,(H,16,17,18). The van der Waals surface area contributed by atoms with Gasteiger partial charge in [0, 0.05) is 13.6 Å². The second kappa shape index (κ2) is 4.30. The Labute approximate surface area is 119 Å². The molecule has 108 valence electrons. The number of H-pyrrole nitrogens is 1. The molecule has 0 radical (unpaired) electrons. The summed E-state index contributed by atoms with van der Waals surface area (Å²) in [6.07, 6.45) is 9.83. The minimum absolute atomic E-state index is 0.00510. The molecule has 4 aliphatic carbocycles. The second-order valence-corrected chi connectivity index (χ2v) is 7.43. The fourth-order valence-corrected chi connectivity index (χ4v) is 5.56. The first-order chi connectivity index (χ1) is 9.63. The highest BCUT2D eigenvalue weighted by Crippen LogP contribution is 2.60. The lowest BCUT2D eigenvalue weighted by Crippen LogP contribution is -2.51. The Bertz CT molecular complexity index is 475. The van der Waals surface area contributed by atoms with Crippen LogP contribution in [0.4, 0.5) is 0 Å². The zero-order valence-electron chi connectivity index (χ0n) is 12.0. The number of carbonyl (C=O) groups is 1. The van der Waals surface area contributed by atoms with E-state index < -0.39 is 0 Å². The lowest BCUT2D eigenvalue weighted by molar-refractivity contribution is -0.0629. The molecule has 1 N–H and O–H groups in total. The van der Waals surface area contributed by atoms with Crippen LogP contribution in [-0.4, -0.2) is 39.8 Å². The largest absolute Gasteiger partial charge is 0.340 e. The van der Waals surface area contributed by atoms with E-state index in [1.807, 2.05) is 11.9 Å². The van der Waals surface area contributed by atoms with E-state index in [9.17, 15) is 4.79 Å². The molecule has 5 heteroatoms. The molecule has 20 heavy (non-hydrogen) atoms. The third-order valence-corrected chi connectivity index (χ3v) is 5.72. The first kappa shape index (κ1) is 12.4. The molecule has 5 nitrogen and oxygen atoms in total. The number of nitrogens with one attached hydrogen (secondary N) is 1. The number of aromatic nitrogens is 3. The number of amides is 1. The molecule has 0 aromatic carbocycles. The SMILES string of the molecule is CN(CC12CC3CC(CC(C3)C1)C2)C(=O)c1cn[nH]n1. The maximum atomic E-state index is 12.3. The van der Waals surface area contributed by atoms with Crippen LogP contribution < -0.4 is 0 Å². The van der Waals surface area contributed by atoms with Gasteiger partial charge in [0.2, 0.25) is 0 Å². The van der Waals surface area contributed by atoms with Crippen molar-refractivity contribution in [1.82, 2.24) is 20.3 Å². The highest BCUT2D eigenvalue weighted by Gasteiger charge is 2.51. The lowest BCUT2D eigenvalue weighted by atomic mass is 9.49. The van der Waals surface area contributed by atoms with Crippen molar-refractivity contribution in [3.63, 3.8) is 0 Å². The third kappa shape index (κ3) is 1.95. The van der Waals surface area contributed by atoms with Crippen LogP contribution >= 0.6 is 0 Å². The Hall–Kier alpha value is -1.39. The zero-order chi connectivity index (χ0) is 13.7. The molecule has 1 heterocycles. The molecule has 0 spiro atoms. The molecule has 1 aromatic rings. The molecule has 4 fully saturated rings. The Kier molecular flexibility index (Phi) is 2.66. The number of aromatic amines is 1. The van der Waals surface area contributed by atoms with Crippen LogP contribution in [0.25, 0.3) is 0 Å². The summed E-state index contributed by atoms with van der Waals surface area (Å²) in [5, 5.41) is 10.2. The van der Waals surface area contributed by atoms with E-state index in [1.54, 1.807) is 0 Å². The van der Waals surface area contributed by atoms with Gasteiger partial charge in [-0.25, -0.2) is 0 Å². The summed E-state index contributed by atoms with van der Waals surface area (Å²) < 4.78 is 0. The van der Waals surface area contributed by atoms with E-state index in [1.165, 1.54) is 44.7 Å². The fraction of sp³-hybridized carbons (Fsp3) is 0.800. The first-order valence-electron chi connectivity index (χ1n) is 7.75. The first-order valence-corrected chi connectivity index (χ1v) is 7.75. The highest BCUT2D eigenvalue weighted by atomic mass is 16.2. The van der Waals surface area contributed by atoms with E-state index in [0.29, 0.717) is 11.1 Å². The summed E-state index contributed by atoms with van der Waals surface area (Å²) in [4.78, 5) is 14.2. The Balaban J connectivity index is 1.50. The lowest BCUT2D eigenvalue weighted by Gasteiger charge is -2.57. The van der Waals surface area contributed by atoms with Crippen LogP contribution in [0.3, 0.4) is 0 Å². The van der Waals surface area contributed by atoms with Crippen molar-refractivity contribution in [1.29, 1.82) is 0 Å². The number of rotatable bonds is 3. The molecule has 1 aromatic heterocycles. The van der Waals surface area contributed by atoms with Crippen LogP contribution in [0, 0.1) is 23.2 Å². The summed E-state index contributed by atoms with van der Waals surface area (Å²) in [5.41, 5.74) is 0.820. The maximum absolute atomic E-state index is 12.3. The van der Waals surface area contributed by atoms with Gasteiger partial charge >= 0.3 is 0 Å². The van der Waals surface area contributed by atoms with Crippen molar-refractivity contribution >= 4 is 5.91 Å². The van der Waals surface area contributed by atoms with Gasteiger partial charge in [0.15, 0.2) is 5.69 Å². The monoisotopic (exact) mass is 274 g/mol. The summed E-state index contributed by atoms with van der Waals surface area (Å²) >= 11 is 0. The van der Waals surface area contributed by atoms with Gasteiger partial charge in [-0.3, -0.25) is 4.79 Å². The van der Waals surface area contributed by atoms with Crippen LogP contribution in [0.15, 0.2) is 6.20 Å². The normalized spacial score (nSPS) is 38.1. The van der Waals surface area contributed by atoms with E-state index in [4.69, 9.17) is 0 Å². The molecular formula is C15H22N4O. The second-order valence-electron chi connectivity index (χ2n) is 7.43. The molecule has 0 unspecified atom stereocenters. The Morgan fingerprint density at radius 1 is 1.30 bits per heavy atom. The van der Waals surface area contributed by atoms with Crippen molar-refractivity contribution in [3.8, 4) is 0 Å². The van der Waals surface area contributed by atoms with Gasteiger partial charge in [-0.1, -0.05) is 0 Å². The van der Waals surface area contributed by atoms with Crippen LogP contribution in [-0.2, 0) is 0 Å². The molecule has 4 aliphatic rings. The average Bonchev–Trinajstić information content (AvgIpc) is 2.89. The predicted molar refractivity (Wildman–Crippen MR) is 73.9 cm³/mol. The topological polar surface area (TPSA) is 61.9 Å². The molecule has 1 amide bonds. The van der Waals surface area contributed by atoms with Crippen molar-refractivity contribution in [2.45, 2.75) is 38.5 Å². The fourth-order valence-electron chi connectivity index (χ4n) is 5.56. The summed E-state index contributed by atoms with van der Waals surface area (Å²) in [6, 6.07) is 0. The van der Waals surface area contributed by atoms with E-state index in [2.05, 4.69) is 15.4 Å². The summed E-state index contributed by atoms with van der Waals surface area (Å²) in [7, 11) is 1.91. The molecular weight excluding hydrogens is 252 g/mol. The molecule has 5 rings (SSSR count). The van der Waals surface area contributed by atoms with E-state index >= 15 is 0 Å². The zero-order valence-corrected chi connectivity index (χ0v) is 12.0. The molecule has 0 aliphatic heterocycles. The summed E-state index contributed by atoms with van der Waals surface area (Å²) in [6.45, 7) is 0.891. The minimum Gasteiger partial charge on any atom is -0.340 e. The van der Waals surface area contributed by atoms with Crippen LogP contribution in [0.5, 0.6) is 0 Å². The third-order valence-electron chi connectivity index (χ3n) is 5.72. The van der Waals surface area contributed by atoms with Crippen LogP contribution in [0.1, 0.15) is 49.0 Å². The maximum Gasteiger partial charge on any atom is 0.275 e. The minimum atomic E-state index is -0.00510. The predicted octanol–water partition coefficient (Wildman–Crippen LogP) is 2.09. The van der Waals surface area contributed by atoms with Gasteiger partial charge in [0.25, 0.3) is 5.91 Å². The average molecular weight is 274 g/mol. The summed E-state index contributed by atoms with van der Waals surface area (Å²) in [5.74, 6) is 2.78. The number of hydrogen-bond donors (Lipinski definition) is 1. The smallest absolute Gasteiger partial charge is 0.275 e. The van der Waals surface area contributed by atoms with Gasteiger partial charge in [-0.2, -0.15) is 15.4 Å². The van der Waals surface area contributed by atoms with Gasteiger partial charge in [0.05, 0.1) is 6.20 Å². The number of hydrogen-bond acceptors (Lipinski definition) is 3. The van der Waals surface area contributed by atoms with Gasteiger partial charge in [0.1, 0.15) is 0 Å². The number of nitrogens with zero attached hydrogens (tertiary/aromatic N) is 3. The van der Waals surface area contributed by atoms with Crippen LogP contribution in [0.2, 0.25) is 0 Å². The quantitative estimate of drug-likeness (QED) is 0.918. The Morgan fingerprint density at radius 3 is 2.40 bits per heavy atom. The van der Waals surface area contributed by atoms with Crippen molar-refractivity contribution in [2.24, 2.45) is 23.2 Å². The van der Waals surface area contributed by atoms with Gasteiger partial charge in [-0.15, -0.1) is 0 Å². The van der Waals surface area contributed by atoms with Gasteiger partial charge in [-0.05, 0) is 61.7 Å². The molecule has 0 saturated heterocycles. The van der Waals surface area contributed by atoms with Gasteiger partial charge < -0.3 is 4.90 Å². The van der Waals surface area contributed by atoms with E-state index in [0.717, 1.165) is 24.3 Å². The number of carbonyl (C=O) groups excluding carboxylic acids is 1.